The molecule has 0 N–H and O–H groups in total. The van der Waals surface area contributed by atoms with Gasteiger partial charge in [-0.25, -0.2) is 9.59 Å². The molecule has 0 aromatic heterocycles. The van der Waals surface area contributed by atoms with Crippen molar-refractivity contribution in [3.63, 3.8) is 0 Å². The molecule has 0 aliphatic heterocycles. The zero-order chi connectivity index (χ0) is 13.7. The van der Waals surface area contributed by atoms with Crippen molar-refractivity contribution in [3.8, 4) is 0 Å². The molecule has 0 saturated heterocycles. The van der Waals surface area contributed by atoms with Gasteiger partial charge in [0.25, 0.3) is 0 Å². The van der Waals surface area contributed by atoms with E-state index in [0.717, 1.165) is 0 Å². The molecule has 0 aliphatic rings. The van der Waals surface area contributed by atoms with E-state index in [0.29, 0.717) is 11.1 Å². The summed E-state index contributed by atoms with van der Waals surface area (Å²) in [6, 6.07) is 6.81. The highest BCUT2D eigenvalue weighted by Gasteiger charge is 2.18. The molecule has 18 heavy (non-hydrogen) atoms. The molecule has 0 radical (unpaired) electrons. The van der Waals surface area contributed by atoms with Crippen LogP contribution in [0.5, 0.6) is 0 Å². The maximum atomic E-state index is 11.5. The maximum absolute atomic E-state index is 11.5. The van der Waals surface area contributed by atoms with Crippen LogP contribution in [0.1, 0.15) is 11.1 Å². The topological polar surface area (TPSA) is 52.6 Å². The first-order chi connectivity index (χ1) is 8.52. The van der Waals surface area contributed by atoms with Gasteiger partial charge in [0.05, 0.1) is 25.4 Å². The third-order valence-corrected chi connectivity index (χ3v) is 2.44. The number of benzene rings is 1. The summed E-state index contributed by atoms with van der Waals surface area (Å²) in [6.45, 7) is 7.31. The first kappa shape index (κ1) is 13.7. The average Bonchev–Trinajstić information content (AvgIpc) is 2.43. The van der Waals surface area contributed by atoms with Crippen molar-refractivity contribution >= 4 is 23.1 Å². The average molecular weight is 246 g/mol. The van der Waals surface area contributed by atoms with Gasteiger partial charge in [0.2, 0.25) is 0 Å². The van der Waals surface area contributed by atoms with Gasteiger partial charge in [-0.1, -0.05) is 37.4 Å². The minimum absolute atomic E-state index is 0.165. The molecule has 0 heterocycles. The lowest BCUT2D eigenvalue weighted by molar-refractivity contribution is -0.134. The van der Waals surface area contributed by atoms with E-state index in [9.17, 15) is 9.59 Å². The Labute approximate surface area is 106 Å². The highest BCUT2D eigenvalue weighted by atomic mass is 16.5. The van der Waals surface area contributed by atoms with Crippen LogP contribution in [0.25, 0.3) is 11.1 Å². The van der Waals surface area contributed by atoms with Gasteiger partial charge in [-0.15, -0.1) is 0 Å². The molecule has 1 aromatic rings. The van der Waals surface area contributed by atoms with E-state index in [4.69, 9.17) is 0 Å². The van der Waals surface area contributed by atoms with Crippen LogP contribution in [0.4, 0.5) is 0 Å². The van der Waals surface area contributed by atoms with E-state index < -0.39 is 11.9 Å². The molecule has 0 atom stereocenters. The molecule has 4 heteroatoms. The Balaban J connectivity index is 3.23. The molecule has 0 bridgehead atoms. The zero-order valence-electron chi connectivity index (χ0n) is 10.4. The SMILES string of the molecule is C=C(C(=O)OC)c1ccccc1C(=C)C(=O)OC. The third-order valence-electron chi connectivity index (χ3n) is 2.44. The molecule has 1 rings (SSSR count). The van der Waals surface area contributed by atoms with Crippen molar-refractivity contribution in [2.75, 3.05) is 14.2 Å². The second-order valence-electron chi connectivity index (χ2n) is 3.49. The van der Waals surface area contributed by atoms with Crippen LogP contribution in [0.15, 0.2) is 37.4 Å². The fraction of sp³-hybridized carbons (Fsp3) is 0.143. The number of hydrogen-bond donors (Lipinski definition) is 0. The van der Waals surface area contributed by atoms with Gasteiger partial charge < -0.3 is 9.47 Å². The number of carbonyl (C=O) groups excluding carboxylic acids is 2. The third kappa shape index (κ3) is 2.66. The Morgan fingerprint density at radius 2 is 1.22 bits per heavy atom. The summed E-state index contributed by atoms with van der Waals surface area (Å²) in [4.78, 5) is 22.9. The molecule has 0 amide bonds. The molecular weight excluding hydrogens is 232 g/mol. The van der Waals surface area contributed by atoms with Crippen LogP contribution in [0, 0.1) is 0 Å². The molecule has 94 valence electrons. The summed E-state index contributed by atoms with van der Waals surface area (Å²) in [5.41, 5.74) is 1.33. The lowest BCUT2D eigenvalue weighted by atomic mass is 9.96. The summed E-state index contributed by atoms with van der Waals surface area (Å²) in [6.07, 6.45) is 0. The molecule has 0 fully saturated rings. The van der Waals surface area contributed by atoms with E-state index in [1.807, 2.05) is 0 Å². The van der Waals surface area contributed by atoms with E-state index in [1.165, 1.54) is 14.2 Å². The normalized spacial score (nSPS) is 9.44. The van der Waals surface area contributed by atoms with Gasteiger partial charge in [-0.2, -0.15) is 0 Å². The van der Waals surface area contributed by atoms with Gasteiger partial charge in [0.1, 0.15) is 0 Å². The second-order valence-corrected chi connectivity index (χ2v) is 3.49. The Kier molecular flexibility index (Phi) is 4.43. The van der Waals surface area contributed by atoms with Crippen LogP contribution in [0.2, 0.25) is 0 Å². The van der Waals surface area contributed by atoms with Crippen molar-refractivity contribution in [2.45, 2.75) is 0 Å². The predicted octanol–water partition coefficient (Wildman–Crippen LogP) is 2.06. The van der Waals surface area contributed by atoms with Crippen molar-refractivity contribution < 1.29 is 19.1 Å². The van der Waals surface area contributed by atoms with Crippen molar-refractivity contribution in [1.82, 2.24) is 0 Å². The number of rotatable bonds is 4. The number of ether oxygens (including phenoxy) is 2. The largest absolute Gasteiger partial charge is 0.465 e. The summed E-state index contributed by atoms with van der Waals surface area (Å²) in [5.74, 6) is -1.11. The predicted molar refractivity (Wildman–Crippen MR) is 68.5 cm³/mol. The monoisotopic (exact) mass is 246 g/mol. The van der Waals surface area contributed by atoms with Crippen molar-refractivity contribution in [1.29, 1.82) is 0 Å². The highest BCUT2D eigenvalue weighted by molar-refractivity contribution is 6.21. The minimum Gasteiger partial charge on any atom is -0.465 e. The number of methoxy groups -OCH3 is 2. The fourth-order valence-corrected chi connectivity index (χ4v) is 1.48. The van der Waals surface area contributed by atoms with Crippen LogP contribution in [0.3, 0.4) is 0 Å². The van der Waals surface area contributed by atoms with Crippen LogP contribution >= 0.6 is 0 Å². The van der Waals surface area contributed by atoms with Crippen LogP contribution < -0.4 is 0 Å². The molecule has 0 aliphatic carbocycles. The van der Waals surface area contributed by atoms with Crippen LogP contribution in [-0.2, 0) is 19.1 Å². The van der Waals surface area contributed by atoms with Gasteiger partial charge in [0.15, 0.2) is 0 Å². The lowest BCUT2D eigenvalue weighted by Crippen LogP contribution is -2.08. The Morgan fingerprint density at radius 1 is 0.889 bits per heavy atom. The highest BCUT2D eigenvalue weighted by Crippen LogP contribution is 2.25. The molecule has 0 saturated carbocycles. The summed E-state index contributed by atoms with van der Waals surface area (Å²) in [7, 11) is 2.54. The van der Waals surface area contributed by atoms with Gasteiger partial charge in [-0.05, 0) is 11.1 Å². The molecule has 0 unspecified atom stereocenters. The van der Waals surface area contributed by atoms with E-state index in [1.54, 1.807) is 24.3 Å². The fourth-order valence-electron chi connectivity index (χ4n) is 1.48. The van der Waals surface area contributed by atoms with Crippen LogP contribution in [-0.4, -0.2) is 26.2 Å². The Bertz CT molecular complexity index is 467. The molecule has 0 spiro atoms. The Hall–Kier alpha value is -2.36. The molecule has 1 aromatic carbocycles. The standard InChI is InChI=1S/C14H14O4/c1-9(13(15)17-3)11-7-5-6-8-12(11)10(2)14(16)18-4/h5-8H,1-2H2,3-4H3. The minimum atomic E-state index is -0.555. The zero-order valence-corrected chi connectivity index (χ0v) is 10.4. The number of hydrogen-bond acceptors (Lipinski definition) is 4. The molecule has 4 nitrogen and oxygen atoms in total. The lowest BCUT2D eigenvalue weighted by Gasteiger charge is -2.11. The summed E-state index contributed by atoms with van der Waals surface area (Å²) in [5, 5.41) is 0. The number of esters is 2. The van der Waals surface area contributed by atoms with Crippen molar-refractivity contribution in [2.24, 2.45) is 0 Å². The smallest absolute Gasteiger partial charge is 0.337 e. The quantitative estimate of drug-likeness (QED) is 0.602. The summed E-state index contributed by atoms with van der Waals surface area (Å²) < 4.78 is 9.21. The van der Waals surface area contributed by atoms with E-state index >= 15 is 0 Å². The first-order valence-corrected chi connectivity index (χ1v) is 5.17. The van der Waals surface area contributed by atoms with Crippen molar-refractivity contribution in [3.05, 3.63) is 48.6 Å². The number of carbonyl (C=O) groups is 2. The van der Waals surface area contributed by atoms with E-state index in [-0.39, 0.29) is 11.1 Å². The first-order valence-electron chi connectivity index (χ1n) is 5.17. The van der Waals surface area contributed by atoms with Gasteiger partial charge in [0, 0.05) is 0 Å². The maximum Gasteiger partial charge on any atom is 0.337 e. The Morgan fingerprint density at radius 3 is 1.50 bits per heavy atom. The second kappa shape index (κ2) is 5.82. The van der Waals surface area contributed by atoms with Gasteiger partial charge in [-0.3, -0.25) is 0 Å². The molecular formula is C14H14O4. The summed E-state index contributed by atoms with van der Waals surface area (Å²) >= 11 is 0. The van der Waals surface area contributed by atoms with E-state index in [2.05, 4.69) is 22.6 Å². The van der Waals surface area contributed by atoms with Gasteiger partial charge >= 0.3 is 11.9 Å².